The van der Waals surface area contributed by atoms with E-state index < -0.39 is 5.67 Å². The van der Waals surface area contributed by atoms with E-state index in [4.69, 9.17) is 17.3 Å². The maximum Gasteiger partial charge on any atom is 0.177 e. The monoisotopic (exact) mass is 229 g/mol. The highest BCUT2D eigenvalue weighted by Gasteiger charge is 2.20. The van der Waals surface area contributed by atoms with Crippen LogP contribution in [-0.4, -0.2) is 12.3 Å². The molecule has 0 aliphatic heterocycles. The van der Waals surface area contributed by atoms with Crippen molar-refractivity contribution in [2.75, 3.05) is 6.54 Å². The van der Waals surface area contributed by atoms with Gasteiger partial charge in [0.05, 0.1) is 11.6 Å². The van der Waals surface area contributed by atoms with Gasteiger partial charge in [0.2, 0.25) is 0 Å². The van der Waals surface area contributed by atoms with Crippen LogP contribution in [0.2, 0.25) is 5.02 Å². The molecule has 1 aromatic carbocycles. The first-order chi connectivity index (χ1) is 6.86. The van der Waals surface area contributed by atoms with Crippen LogP contribution in [0.4, 0.5) is 4.39 Å². The Hall–Kier alpha value is -0.930. The Labute approximate surface area is 93.2 Å². The van der Waals surface area contributed by atoms with E-state index in [1.165, 1.54) is 26.0 Å². The average molecular weight is 230 g/mol. The Morgan fingerprint density at radius 1 is 1.53 bits per heavy atom. The summed E-state index contributed by atoms with van der Waals surface area (Å²) in [6.45, 7) is 2.77. The molecule has 0 aromatic heterocycles. The van der Waals surface area contributed by atoms with Crippen LogP contribution in [0.1, 0.15) is 29.8 Å². The summed E-state index contributed by atoms with van der Waals surface area (Å²) in [4.78, 5) is 11.3. The van der Waals surface area contributed by atoms with Crippen LogP contribution in [0, 0.1) is 0 Å². The van der Waals surface area contributed by atoms with Crippen molar-refractivity contribution in [2.45, 2.75) is 19.5 Å². The molecule has 0 atom stereocenters. The van der Waals surface area contributed by atoms with E-state index in [1.807, 2.05) is 0 Å². The van der Waals surface area contributed by atoms with Crippen LogP contribution >= 0.6 is 11.6 Å². The third-order valence-electron chi connectivity index (χ3n) is 2.14. The van der Waals surface area contributed by atoms with Crippen LogP contribution in [-0.2, 0) is 5.67 Å². The number of nitrogens with two attached hydrogens (primary N) is 1. The molecule has 82 valence electrons. The number of ketones is 1. The molecule has 0 aliphatic carbocycles. The predicted molar refractivity (Wildman–Crippen MR) is 59.0 cm³/mol. The molecule has 2 N–H and O–H groups in total. The number of hydrogen-bond donors (Lipinski definition) is 1. The first-order valence-corrected chi connectivity index (χ1v) is 4.96. The second-order valence-corrected chi connectivity index (χ2v) is 4.20. The van der Waals surface area contributed by atoms with E-state index in [0.29, 0.717) is 11.1 Å². The fourth-order valence-corrected chi connectivity index (χ4v) is 1.51. The van der Waals surface area contributed by atoms with Crippen LogP contribution in [0.15, 0.2) is 18.2 Å². The van der Waals surface area contributed by atoms with Gasteiger partial charge in [-0.25, -0.2) is 4.39 Å². The maximum atomic E-state index is 13.5. The second-order valence-electron chi connectivity index (χ2n) is 3.79. The predicted octanol–water partition coefficient (Wildman–Crippen LogP) is 2.69. The number of carbonyl (C=O) groups excluding carboxylic acids is 1. The van der Waals surface area contributed by atoms with E-state index in [1.54, 1.807) is 6.07 Å². The maximum absolute atomic E-state index is 13.5. The Morgan fingerprint density at radius 3 is 2.53 bits per heavy atom. The lowest BCUT2D eigenvalue weighted by Gasteiger charge is -2.15. The molecular formula is C11H13ClFNO. The summed E-state index contributed by atoms with van der Waals surface area (Å²) in [5.74, 6) is -0.247. The normalized spacial score (nSPS) is 11.5. The van der Waals surface area contributed by atoms with E-state index >= 15 is 0 Å². The van der Waals surface area contributed by atoms with Crippen LogP contribution in [0.5, 0.6) is 0 Å². The lowest BCUT2D eigenvalue weighted by Crippen LogP contribution is -2.15. The summed E-state index contributed by atoms with van der Waals surface area (Å²) in [5.41, 5.74) is 4.54. The largest absolute Gasteiger partial charge is 0.324 e. The summed E-state index contributed by atoms with van der Waals surface area (Å²) in [7, 11) is 0. The van der Waals surface area contributed by atoms with Gasteiger partial charge in [0.15, 0.2) is 5.78 Å². The molecule has 0 unspecified atom stereocenters. The van der Waals surface area contributed by atoms with Crippen molar-refractivity contribution in [1.82, 2.24) is 0 Å². The molecule has 0 radical (unpaired) electrons. The lowest BCUT2D eigenvalue weighted by atomic mass is 9.98. The van der Waals surface area contributed by atoms with Crippen molar-refractivity contribution in [3.05, 3.63) is 34.3 Å². The molecule has 0 heterocycles. The van der Waals surface area contributed by atoms with Gasteiger partial charge in [-0.1, -0.05) is 17.7 Å². The molecule has 0 fully saturated rings. The van der Waals surface area contributed by atoms with Gasteiger partial charge in [-0.3, -0.25) is 4.79 Å². The zero-order chi connectivity index (χ0) is 11.6. The smallest absolute Gasteiger partial charge is 0.177 e. The van der Waals surface area contributed by atoms with Crippen molar-refractivity contribution in [2.24, 2.45) is 5.73 Å². The van der Waals surface area contributed by atoms with Gasteiger partial charge in [-0.2, -0.15) is 0 Å². The Kier molecular flexibility index (Phi) is 3.47. The van der Waals surface area contributed by atoms with Crippen molar-refractivity contribution >= 4 is 17.4 Å². The number of carbonyl (C=O) groups is 1. The zero-order valence-electron chi connectivity index (χ0n) is 8.68. The highest BCUT2D eigenvalue weighted by molar-refractivity contribution is 6.34. The van der Waals surface area contributed by atoms with Gasteiger partial charge in [0.25, 0.3) is 0 Å². The van der Waals surface area contributed by atoms with Crippen molar-refractivity contribution in [3.8, 4) is 0 Å². The zero-order valence-corrected chi connectivity index (χ0v) is 9.44. The molecule has 1 rings (SSSR count). The van der Waals surface area contributed by atoms with Crippen LogP contribution < -0.4 is 5.73 Å². The molecule has 0 spiro atoms. The van der Waals surface area contributed by atoms with E-state index in [-0.39, 0.29) is 17.4 Å². The second kappa shape index (κ2) is 4.29. The summed E-state index contributed by atoms with van der Waals surface area (Å²) in [6.07, 6.45) is 0. The van der Waals surface area contributed by atoms with Crippen molar-refractivity contribution in [3.63, 3.8) is 0 Å². The summed E-state index contributed by atoms with van der Waals surface area (Å²) in [5, 5.41) is 0.244. The SMILES string of the molecule is CC(C)(F)c1ccc(C(=O)CN)c(Cl)c1. The third-order valence-corrected chi connectivity index (χ3v) is 2.45. The summed E-state index contributed by atoms with van der Waals surface area (Å²) >= 11 is 5.87. The van der Waals surface area contributed by atoms with E-state index in [0.717, 1.165) is 0 Å². The van der Waals surface area contributed by atoms with Gasteiger partial charge in [-0.15, -0.1) is 0 Å². The molecule has 4 heteroatoms. The molecule has 0 amide bonds. The average Bonchev–Trinajstić information content (AvgIpc) is 2.15. The minimum Gasteiger partial charge on any atom is -0.324 e. The number of alkyl halides is 1. The molecule has 0 aliphatic rings. The first kappa shape index (κ1) is 12.1. The third kappa shape index (κ3) is 2.76. The van der Waals surface area contributed by atoms with Crippen LogP contribution in [0.3, 0.4) is 0 Å². The molecule has 0 saturated heterocycles. The topological polar surface area (TPSA) is 43.1 Å². The van der Waals surface area contributed by atoms with Gasteiger partial charge in [-0.05, 0) is 31.5 Å². The number of benzene rings is 1. The summed E-state index contributed by atoms with van der Waals surface area (Å²) in [6, 6.07) is 4.52. The van der Waals surface area contributed by atoms with Gasteiger partial charge < -0.3 is 5.73 Å². The minimum absolute atomic E-state index is 0.0991. The molecule has 0 bridgehead atoms. The highest BCUT2D eigenvalue weighted by Crippen LogP contribution is 2.28. The van der Waals surface area contributed by atoms with Crippen LogP contribution in [0.25, 0.3) is 0 Å². The molecule has 15 heavy (non-hydrogen) atoms. The lowest BCUT2D eigenvalue weighted by molar-refractivity contribution is 0.100. The Morgan fingerprint density at radius 2 is 2.13 bits per heavy atom. The number of rotatable bonds is 3. The fraction of sp³-hybridized carbons (Fsp3) is 0.364. The van der Waals surface area contributed by atoms with Gasteiger partial charge >= 0.3 is 0 Å². The first-order valence-electron chi connectivity index (χ1n) is 4.58. The van der Waals surface area contributed by atoms with Gasteiger partial charge in [0.1, 0.15) is 5.67 Å². The Bertz CT molecular complexity index is 385. The number of hydrogen-bond acceptors (Lipinski definition) is 2. The molecule has 1 aromatic rings. The molecular weight excluding hydrogens is 217 g/mol. The standard InChI is InChI=1S/C11H13ClFNO/c1-11(2,13)7-3-4-8(9(12)5-7)10(15)6-14/h3-5H,6,14H2,1-2H3. The minimum atomic E-state index is -1.46. The van der Waals surface area contributed by atoms with E-state index in [2.05, 4.69) is 0 Å². The van der Waals surface area contributed by atoms with Crippen molar-refractivity contribution in [1.29, 1.82) is 0 Å². The van der Waals surface area contributed by atoms with Crippen molar-refractivity contribution < 1.29 is 9.18 Å². The van der Waals surface area contributed by atoms with Gasteiger partial charge in [0, 0.05) is 5.56 Å². The number of Topliss-reactive ketones (excluding diaryl/α,β-unsaturated/α-hetero) is 1. The quantitative estimate of drug-likeness (QED) is 0.810. The number of halogens is 2. The molecule has 2 nitrogen and oxygen atoms in total. The summed E-state index contributed by atoms with van der Waals surface area (Å²) < 4.78 is 13.5. The molecule has 0 saturated carbocycles. The fourth-order valence-electron chi connectivity index (χ4n) is 1.22. The highest BCUT2D eigenvalue weighted by atomic mass is 35.5. The Balaban J connectivity index is 3.15. The van der Waals surface area contributed by atoms with E-state index in [9.17, 15) is 9.18 Å².